The third-order valence-electron chi connectivity index (χ3n) is 2.60. The Balaban J connectivity index is 2.45. The van der Waals surface area contributed by atoms with E-state index in [2.05, 4.69) is 10.2 Å². The predicted molar refractivity (Wildman–Crippen MR) is 46.7 cm³/mol. The topological polar surface area (TPSA) is 75.0 Å². The number of aromatic nitrogens is 2. The first-order valence-corrected chi connectivity index (χ1v) is 4.13. The summed E-state index contributed by atoms with van der Waals surface area (Å²) in [5.41, 5.74) is 6.92. The van der Waals surface area contributed by atoms with Crippen LogP contribution in [0.25, 0.3) is 0 Å². The lowest BCUT2D eigenvalue weighted by atomic mass is 10.0. The summed E-state index contributed by atoms with van der Waals surface area (Å²) in [6.45, 7) is 4.44. The molecule has 2 heterocycles. The van der Waals surface area contributed by atoms with Crippen LogP contribution < -0.4 is 5.73 Å². The molecule has 5 heteroatoms. The number of nitrogens with zero attached hydrogens (tertiary/aromatic N) is 2. The molecule has 1 aromatic heterocycles. The Morgan fingerprint density at radius 2 is 2.46 bits per heavy atom. The van der Waals surface area contributed by atoms with Gasteiger partial charge in [0.1, 0.15) is 0 Å². The SMILES string of the molecule is CC1(C)c2[nH]ncc2CN1C(N)=O. The lowest BCUT2D eigenvalue weighted by molar-refractivity contribution is 0.151. The maximum atomic E-state index is 11.1. The largest absolute Gasteiger partial charge is 0.351 e. The summed E-state index contributed by atoms with van der Waals surface area (Å²) in [4.78, 5) is 12.7. The van der Waals surface area contributed by atoms with Crippen molar-refractivity contribution in [3.05, 3.63) is 17.5 Å². The lowest BCUT2D eigenvalue weighted by Crippen LogP contribution is -2.43. The Labute approximate surface area is 75.9 Å². The number of carbonyl (C=O) groups is 1. The van der Waals surface area contributed by atoms with Gasteiger partial charge < -0.3 is 10.6 Å². The van der Waals surface area contributed by atoms with Gasteiger partial charge in [0, 0.05) is 5.56 Å². The molecule has 3 N–H and O–H groups in total. The van der Waals surface area contributed by atoms with E-state index < -0.39 is 6.03 Å². The number of carbonyl (C=O) groups excluding carboxylic acids is 1. The van der Waals surface area contributed by atoms with Gasteiger partial charge in [-0.1, -0.05) is 0 Å². The number of nitrogens with two attached hydrogens (primary N) is 1. The van der Waals surface area contributed by atoms with Gasteiger partial charge in [-0.2, -0.15) is 5.10 Å². The molecule has 13 heavy (non-hydrogen) atoms. The van der Waals surface area contributed by atoms with Crippen molar-refractivity contribution in [1.82, 2.24) is 15.1 Å². The summed E-state index contributed by atoms with van der Waals surface area (Å²) in [7, 11) is 0. The van der Waals surface area contributed by atoms with E-state index in [-0.39, 0.29) is 5.54 Å². The molecule has 0 fully saturated rings. The number of hydrogen-bond acceptors (Lipinski definition) is 2. The minimum absolute atomic E-state index is 0.363. The molecule has 0 bridgehead atoms. The number of nitrogens with one attached hydrogen (secondary N) is 1. The molecule has 1 aliphatic rings. The molecule has 0 radical (unpaired) electrons. The van der Waals surface area contributed by atoms with Crippen LogP contribution in [0.5, 0.6) is 0 Å². The second kappa shape index (κ2) is 2.25. The average molecular weight is 180 g/mol. The Kier molecular flexibility index (Phi) is 1.40. The van der Waals surface area contributed by atoms with E-state index in [9.17, 15) is 4.79 Å². The van der Waals surface area contributed by atoms with Gasteiger partial charge in [0.2, 0.25) is 0 Å². The van der Waals surface area contributed by atoms with Gasteiger partial charge in [-0.3, -0.25) is 5.10 Å². The first-order valence-electron chi connectivity index (χ1n) is 4.13. The fourth-order valence-corrected chi connectivity index (χ4v) is 1.82. The highest BCUT2D eigenvalue weighted by atomic mass is 16.2. The van der Waals surface area contributed by atoms with Crippen LogP contribution in [0.1, 0.15) is 25.1 Å². The first-order chi connectivity index (χ1) is 6.03. The van der Waals surface area contributed by atoms with Gasteiger partial charge in [0.25, 0.3) is 0 Å². The molecule has 5 nitrogen and oxygen atoms in total. The van der Waals surface area contributed by atoms with Crippen molar-refractivity contribution in [3.63, 3.8) is 0 Å². The molecule has 0 saturated carbocycles. The number of rotatable bonds is 0. The third kappa shape index (κ3) is 0.929. The van der Waals surface area contributed by atoms with Crippen molar-refractivity contribution < 1.29 is 4.79 Å². The van der Waals surface area contributed by atoms with Crippen LogP contribution in [0.3, 0.4) is 0 Å². The molecule has 0 atom stereocenters. The number of primary amides is 1. The molecule has 2 rings (SSSR count). The Morgan fingerprint density at radius 3 is 3.00 bits per heavy atom. The van der Waals surface area contributed by atoms with Crippen molar-refractivity contribution >= 4 is 6.03 Å². The number of urea groups is 1. The minimum atomic E-state index is -0.394. The van der Waals surface area contributed by atoms with Crippen molar-refractivity contribution in [3.8, 4) is 0 Å². The smallest absolute Gasteiger partial charge is 0.315 e. The van der Waals surface area contributed by atoms with E-state index >= 15 is 0 Å². The molecule has 0 unspecified atom stereocenters. The third-order valence-corrected chi connectivity index (χ3v) is 2.60. The van der Waals surface area contributed by atoms with Crippen LogP contribution in [0.15, 0.2) is 6.20 Å². The second-order valence-corrected chi connectivity index (χ2v) is 3.75. The van der Waals surface area contributed by atoms with Crippen LogP contribution in [-0.2, 0) is 12.1 Å². The average Bonchev–Trinajstić information content (AvgIpc) is 2.52. The van der Waals surface area contributed by atoms with Gasteiger partial charge >= 0.3 is 6.03 Å². The quantitative estimate of drug-likeness (QED) is 0.611. The monoisotopic (exact) mass is 180 g/mol. The molecular formula is C8H12N4O. The zero-order valence-corrected chi connectivity index (χ0v) is 7.66. The zero-order valence-electron chi connectivity index (χ0n) is 7.66. The van der Waals surface area contributed by atoms with Gasteiger partial charge in [-0.25, -0.2) is 4.79 Å². The van der Waals surface area contributed by atoms with Crippen molar-refractivity contribution in [2.75, 3.05) is 0 Å². The highest BCUT2D eigenvalue weighted by Gasteiger charge is 2.40. The molecule has 70 valence electrons. The number of hydrogen-bond donors (Lipinski definition) is 2. The van der Waals surface area contributed by atoms with Crippen LogP contribution >= 0.6 is 0 Å². The van der Waals surface area contributed by atoms with E-state index in [0.717, 1.165) is 11.3 Å². The molecule has 0 aliphatic carbocycles. The highest BCUT2D eigenvalue weighted by molar-refractivity contribution is 5.74. The maximum absolute atomic E-state index is 11.1. The molecule has 2 amide bonds. The normalized spacial score (nSPS) is 18.8. The Morgan fingerprint density at radius 1 is 1.77 bits per heavy atom. The molecule has 1 aromatic rings. The number of amides is 2. The molecular weight excluding hydrogens is 168 g/mol. The van der Waals surface area contributed by atoms with E-state index in [1.165, 1.54) is 0 Å². The van der Waals surface area contributed by atoms with Gasteiger partial charge in [0.05, 0.1) is 24.0 Å². The standard InChI is InChI=1S/C8H12N4O/c1-8(2)6-5(3-10-11-6)4-12(8)7(9)13/h3H,4H2,1-2H3,(H2,9,13)(H,10,11). The second-order valence-electron chi connectivity index (χ2n) is 3.75. The summed E-state index contributed by atoms with van der Waals surface area (Å²) >= 11 is 0. The van der Waals surface area contributed by atoms with Crippen molar-refractivity contribution in [2.24, 2.45) is 5.73 Å². The minimum Gasteiger partial charge on any atom is -0.351 e. The lowest BCUT2D eigenvalue weighted by Gasteiger charge is -2.29. The van der Waals surface area contributed by atoms with Crippen LogP contribution in [0.2, 0.25) is 0 Å². The van der Waals surface area contributed by atoms with E-state index in [1.807, 2.05) is 13.8 Å². The van der Waals surface area contributed by atoms with Crippen molar-refractivity contribution in [1.29, 1.82) is 0 Å². The number of aromatic amines is 1. The van der Waals surface area contributed by atoms with Crippen molar-refractivity contribution in [2.45, 2.75) is 25.9 Å². The number of fused-ring (bicyclic) bond motifs is 1. The maximum Gasteiger partial charge on any atom is 0.315 e. The summed E-state index contributed by atoms with van der Waals surface area (Å²) in [6, 6.07) is -0.394. The summed E-state index contributed by atoms with van der Waals surface area (Å²) in [5, 5.41) is 6.82. The van der Waals surface area contributed by atoms with Crippen LogP contribution in [0, 0.1) is 0 Å². The highest BCUT2D eigenvalue weighted by Crippen LogP contribution is 2.36. The molecule has 0 spiro atoms. The van der Waals surface area contributed by atoms with Gasteiger partial charge in [-0.15, -0.1) is 0 Å². The molecule has 1 aliphatic heterocycles. The predicted octanol–water partition coefficient (Wildman–Crippen LogP) is 0.539. The molecule has 0 aromatic carbocycles. The fourth-order valence-electron chi connectivity index (χ4n) is 1.82. The van der Waals surface area contributed by atoms with E-state index in [4.69, 9.17) is 5.73 Å². The fraction of sp³-hybridized carbons (Fsp3) is 0.500. The summed E-state index contributed by atoms with van der Waals surface area (Å²) < 4.78 is 0. The zero-order chi connectivity index (χ0) is 9.64. The van der Waals surface area contributed by atoms with Crippen LogP contribution in [0.4, 0.5) is 4.79 Å². The molecule has 0 saturated heterocycles. The van der Waals surface area contributed by atoms with Gasteiger partial charge in [-0.05, 0) is 13.8 Å². The van der Waals surface area contributed by atoms with E-state index in [1.54, 1.807) is 11.1 Å². The van der Waals surface area contributed by atoms with Gasteiger partial charge in [0.15, 0.2) is 0 Å². The summed E-state index contributed by atoms with van der Waals surface area (Å²) in [5.74, 6) is 0. The van der Waals surface area contributed by atoms with Crippen LogP contribution in [-0.4, -0.2) is 21.1 Å². The first kappa shape index (κ1) is 8.10. The number of H-pyrrole nitrogens is 1. The Hall–Kier alpha value is -1.52. The summed E-state index contributed by atoms with van der Waals surface area (Å²) in [6.07, 6.45) is 1.74. The van der Waals surface area contributed by atoms with E-state index in [0.29, 0.717) is 6.54 Å². The Bertz CT molecular complexity index is 355.